The predicted molar refractivity (Wildman–Crippen MR) is 30.9 cm³/mol. The smallest absolute Gasteiger partial charge is 0.0923 e. The molecule has 3 heteroatoms. The molecule has 1 heterocycles. The topological polar surface area (TPSA) is 54.7 Å². The molecule has 3 N–H and O–H groups in total. The van der Waals surface area contributed by atoms with E-state index in [4.69, 9.17) is 5.73 Å². The number of nitrogens with one attached hydrogen (secondary N) is 1. The molecule has 1 aromatic rings. The summed E-state index contributed by atoms with van der Waals surface area (Å²) in [4.78, 5) is 6.65. The highest BCUT2D eigenvalue weighted by atomic mass is 14.9. The minimum absolute atomic E-state index is 0.207. The summed E-state index contributed by atoms with van der Waals surface area (Å²) in [5.41, 5.74) is 6.16. The average molecular weight is 110 g/mol. The van der Waals surface area contributed by atoms with Gasteiger partial charge < -0.3 is 10.7 Å². The number of H-pyrrole nitrogens is 1. The lowest BCUT2D eigenvalue weighted by atomic mass is 10.3. The lowest BCUT2D eigenvalue weighted by Gasteiger charge is -1.94. The van der Waals surface area contributed by atoms with E-state index in [1.54, 1.807) is 12.5 Å². The molecule has 0 fully saturated rings. The van der Waals surface area contributed by atoms with Gasteiger partial charge in [0.05, 0.1) is 12.0 Å². The Kier molecular flexibility index (Phi) is 1.30. The number of nitrogens with two attached hydrogens (primary N) is 1. The minimum atomic E-state index is -0.207. The first-order chi connectivity index (χ1) is 3.80. The zero-order chi connectivity index (χ0) is 5.98. The fourth-order valence-electron chi connectivity index (χ4n) is 0.474. The van der Waals surface area contributed by atoms with Crippen molar-refractivity contribution in [1.29, 1.82) is 0 Å². The van der Waals surface area contributed by atoms with Crippen molar-refractivity contribution in [2.45, 2.75) is 6.04 Å². The van der Waals surface area contributed by atoms with Crippen molar-refractivity contribution in [3.63, 3.8) is 0 Å². The van der Waals surface area contributed by atoms with E-state index in [0.717, 1.165) is 5.69 Å². The van der Waals surface area contributed by atoms with Crippen molar-refractivity contribution in [2.24, 2.45) is 5.73 Å². The maximum Gasteiger partial charge on any atom is 0.0923 e. The van der Waals surface area contributed by atoms with Gasteiger partial charge in [0.2, 0.25) is 0 Å². The Morgan fingerprint density at radius 3 is 2.88 bits per heavy atom. The number of aromatic amines is 1. The highest BCUT2D eigenvalue weighted by molar-refractivity contribution is 5.01. The van der Waals surface area contributed by atoms with Gasteiger partial charge in [0, 0.05) is 12.2 Å². The molecule has 1 rings (SSSR count). The molecule has 0 saturated heterocycles. The molecule has 0 saturated carbocycles. The lowest BCUT2D eigenvalue weighted by molar-refractivity contribution is 0.869. The molecule has 0 aliphatic heterocycles. The summed E-state index contributed by atoms with van der Waals surface area (Å²) in [5, 5.41) is 0. The molecule has 3 nitrogen and oxygen atoms in total. The van der Waals surface area contributed by atoms with Crippen molar-refractivity contribution in [3.8, 4) is 0 Å². The number of imidazole rings is 1. The highest BCUT2D eigenvalue weighted by Gasteiger charge is 1.97. The van der Waals surface area contributed by atoms with E-state index in [1.165, 1.54) is 0 Å². The molecule has 1 atom stereocenters. The van der Waals surface area contributed by atoms with Crippen molar-refractivity contribution in [2.75, 3.05) is 0 Å². The van der Waals surface area contributed by atoms with Crippen molar-refractivity contribution < 1.29 is 0 Å². The number of hydrogen-bond donors (Lipinski definition) is 2. The molecular formula is C5H8N3. The number of rotatable bonds is 1. The number of nitrogens with zero attached hydrogens (tertiary/aromatic N) is 1. The second-order valence-electron chi connectivity index (χ2n) is 1.60. The van der Waals surface area contributed by atoms with Crippen LogP contribution in [-0.4, -0.2) is 9.97 Å². The first kappa shape index (κ1) is 5.31. The van der Waals surface area contributed by atoms with Crippen molar-refractivity contribution in [3.05, 3.63) is 25.1 Å². The Morgan fingerprint density at radius 2 is 2.62 bits per heavy atom. The van der Waals surface area contributed by atoms with Crippen LogP contribution in [0.15, 0.2) is 12.5 Å². The third-order valence-corrected chi connectivity index (χ3v) is 0.899. The van der Waals surface area contributed by atoms with Crippen LogP contribution < -0.4 is 5.73 Å². The SMILES string of the molecule is [CH2]C(N)c1c[nH]cn1. The van der Waals surface area contributed by atoms with Crippen LogP contribution in [0.4, 0.5) is 0 Å². The molecular weight excluding hydrogens is 102 g/mol. The van der Waals surface area contributed by atoms with Crippen LogP contribution in [0.2, 0.25) is 0 Å². The third-order valence-electron chi connectivity index (χ3n) is 0.899. The standard InChI is InChI=1S/C5H8N3/c1-4(6)5-2-7-3-8-5/h2-4H,1,6H2,(H,7,8). The fourth-order valence-corrected chi connectivity index (χ4v) is 0.474. The van der Waals surface area contributed by atoms with Gasteiger partial charge in [0.1, 0.15) is 0 Å². The summed E-state index contributed by atoms with van der Waals surface area (Å²) in [7, 11) is 0. The molecule has 0 spiro atoms. The van der Waals surface area contributed by atoms with Crippen LogP contribution in [0.5, 0.6) is 0 Å². The van der Waals surface area contributed by atoms with Gasteiger partial charge in [-0.25, -0.2) is 4.98 Å². The molecule has 0 aromatic carbocycles. The zero-order valence-corrected chi connectivity index (χ0v) is 4.46. The summed E-state index contributed by atoms with van der Waals surface area (Å²) >= 11 is 0. The van der Waals surface area contributed by atoms with Crippen LogP contribution in [0.25, 0.3) is 0 Å². The molecule has 1 unspecified atom stereocenters. The van der Waals surface area contributed by atoms with Crippen LogP contribution in [0, 0.1) is 6.92 Å². The Balaban J connectivity index is 2.77. The Bertz CT molecular complexity index is 143. The normalized spacial score (nSPS) is 13.8. The van der Waals surface area contributed by atoms with Crippen LogP contribution >= 0.6 is 0 Å². The Labute approximate surface area is 47.9 Å². The minimum Gasteiger partial charge on any atom is -0.351 e. The summed E-state index contributed by atoms with van der Waals surface area (Å²) in [6, 6.07) is -0.207. The maximum atomic E-state index is 5.36. The van der Waals surface area contributed by atoms with Crippen molar-refractivity contribution in [1.82, 2.24) is 9.97 Å². The van der Waals surface area contributed by atoms with Gasteiger partial charge >= 0.3 is 0 Å². The van der Waals surface area contributed by atoms with Crippen LogP contribution in [-0.2, 0) is 0 Å². The summed E-state index contributed by atoms with van der Waals surface area (Å²) in [5.74, 6) is 0. The van der Waals surface area contributed by atoms with Crippen LogP contribution in [0.3, 0.4) is 0 Å². The molecule has 1 radical (unpaired) electrons. The van der Waals surface area contributed by atoms with Crippen molar-refractivity contribution >= 4 is 0 Å². The molecule has 0 aliphatic rings. The Morgan fingerprint density at radius 1 is 1.88 bits per heavy atom. The van der Waals surface area contributed by atoms with E-state index in [-0.39, 0.29) is 6.04 Å². The van der Waals surface area contributed by atoms with Gasteiger partial charge in [0.15, 0.2) is 0 Å². The van der Waals surface area contributed by atoms with Crippen LogP contribution in [0.1, 0.15) is 11.7 Å². The first-order valence-electron chi connectivity index (χ1n) is 2.38. The molecule has 0 bridgehead atoms. The van der Waals surface area contributed by atoms with Gasteiger partial charge in [-0.2, -0.15) is 0 Å². The van der Waals surface area contributed by atoms with E-state index >= 15 is 0 Å². The predicted octanol–water partition coefficient (Wildman–Crippen LogP) is 0.244. The number of aromatic nitrogens is 2. The van der Waals surface area contributed by atoms with E-state index in [2.05, 4.69) is 16.9 Å². The molecule has 0 amide bonds. The van der Waals surface area contributed by atoms with E-state index < -0.39 is 0 Å². The van der Waals surface area contributed by atoms with Gasteiger partial charge in [-0.1, -0.05) is 0 Å². The molecule has 43 valence electrons. The fraction of sp³-hybridized carbons (Fsp3) is 0.200. The highest BCUT2D eigenvalue weighted by Crippen LogP contribution is 2.00. The molecule has 0 aliphatic carbocycles. The van der Waals surface area contributed by atoms with E-state index in [0.29, 0.717) is 0 Å². The Hall–Kier alpha value is -0.830. The lowest BCUT2D eigenvalue weighted by Crippen LogP contribution is -2.04. The second kappa shape index (κ2) is 1.96. The first-order valence-corrected chi connectivity index (χ1v) is 2.38. The van der Waals surface area contributed by atoms with Gasteiger partial charge in [0.25, 0.3) is 0 Å². The zero-order valence-electron chi connectivity index (χ0n) is 4.46. The van der Waals surface area contributed by atoms with Gasteiger partial charge in [-0.15, -0.1) is 0 Å². The van der Waals surface area contributed by atoms with Gasteiger partial charge in [-0.05, 0) is 6.92 Å². The summed E-state index contributed by atoms with van der Waals surface area (Å²) in [6.45, 7) is 3.58. The quantitative estimate of drug-likeness (QED) is 0.544. The van der Waals surface area contributed by atoms with E-state index in [9.17, 15) is 0 Å². The largest absolute Gasteiger partial charge is 0.351 e. The van der Waals surface area contributed by atoms with E-state index in [1.807, 2.05) is 0 Å². The second-order valence-corrected chi connectivity index (χ2v) is 1.60. The molecule has 1 aromatic heterocycles. The monoisotopic (exact) mass is 110 g/mol. The third kappa shape index (κ3) is 0.869. The maximum absolute atomic E-state index is 5.36. The average Bonchev–Trinajstić information content (AvgIpc) is 2.12. The summed E-state index contributed by atoms with van der Waals surface area (Å²) < 4.78 is 0. The van der Waals surface area contributed by atoms with Gasteiger partial charge in [-0.3, -0.25) is 0 Å². The summed E-state index contributed by atoms with van der Waals surface area (Å²) in [6.07, 6.45) is 3.32. The molecule has 8 heavy (non-hydrogen) atoms. The number of hydrogen-bond acceptors (Lipinski definition) is 2.